The zero-order valence-corrected chi connectivity index (χ0v) is 15.5. The lowest BCUT2D eigenvalue weighted by atomic mass is 10.0. The van der Waals surface area contributed by atoms with Gasteiger partial charge in [-0.05, 0) is 26.7 Å². The molecule has 0 aliphatic carbocycles. The molecule has 0 saturated heterocycles. The number of rotatable bonds is 16. The van der Waals surface area contributed by atoms with Crippen molar-refractivity contribution in [3.05, 3.63) is 0 Å². The molecule has 21 heavy (non-hydrogen) atoms. The topological polar surface area (TPSA) is 14.1 Å². The summed E-state index contributed by atoms with van der Waals surface area (Å²) in [7, 11) is 0. The smallest absolute Gasteiger partial charge is 0.0220 e. The van der Waals surface area contributed by atoms with Gasteiger partial charge in [-0.1, -0.05) is 90.9 Å². The summed E-state index contributed by atoms with van der Waals surface area (Å²) in [5, 5.41) is 4.94. The van der Waals surface area contributed by atoms with Gasteiger partial charge >= 0.3 is 0 Å². The van der Waals surface area contributed by atoms with Crippen molar-refractivity contribution in [1.82, 2.24) is 5.32 Å². The standard InChI is InChI=1S/C20H42N/c1-5-7-9-11-13-15-17-19(3)21-20(4)18-16-14-12-10-8-6-2/h19-20H,5-18H2,1-4H3. The fourth-order valence-corrected chi connectivity index (χ4v) is 3.02. The van der Waals surface area contributed by atoms with E-state index in [1.807, 2.05) is 0 Å². The summed E-state index contributed by atoms with van der Waals surface area (Å²) in [6.45, 7) is 9.19. The molecule has 0 spiro atoms. The van der Waals surface area contributed by atoms with Gasteiger partial charge in [-0.2, -0.15) is 0 Å². The predicted molar refractivity (Wildman–Crippen MR) is 97.0 cm³/mol. The van der Waals surface area contributed by atoms with Crippen LogP contribution in [0.5, 0.6) is 0 Å². The molecule has 1 radical (unpaired) electrons. The summed E-state index contributed by atoms with van der Waals surface area (Å²) in [4.78, 5) is 0. The maximum atomic E-state index is 4.94. The van der Waals surface area contributed by atoms with E-state index in [1.165, 1.54) is 89.9 Å². The van der Waals surface area contributed by atoms with E-state index in [-0.39, 0.29) is 0 Å². The molecule has 0 aromatic heterocycles. The van der Waals surface area contributed by atoms with Crippen LogP contribution in [-0.2, 0) is 0 Å². The van der Waals surface area contributed by atoms with Crippen LogP contribution in [0.2, 0.25) is 0 Å². The van der Waals surface area contributed by atoms with Crippen molar-refractivity contribution < 1.29 is 0 Å². The minimum atomic E-state index is 0.575. The van der Waals surface area contributed by atoms with Crippen molar-refractivity contribution in [2.45, 2.75) is 130 Å². The number of nitrogens with zero attached hydrogens (tertiary/aromatic N) is 1. The Labute approximate surface area is 135 Å². The maximum absolute atomic E-state index is 4.94. The molecule has 127 valence electrons. The van der Waals surface area contributed by atoms with E-state index in [2.05, 4.69) is 27.7 Å². The van der Waals surface area contributed by atoms with Crippen molar-refractivity contribution in [3.63, 3.8) is 0 Å². The first-order chi connectivity index (χ1) is 10.2. The van der Waals surface area contributed by atoms with Crippen LogP contribution in [0.3, 0.4) is 0 Å². The zero-order valence-electron chi connectivity index (χ0n) is 15.5. The largest absolute Gasteiger partial charge is 0.236 e. The van der Waals surface area contributed by atoms with Gasteiger partial charge < -0.3 is 0 Å². The lowest BCUT2D eigenvalue weighted by molar-refractivity contribution is 0.394. The Balaban J connectivity index is 3.33. The lowest BCUT2D eigenvalue weighted by Crippen LogP contribution is -2.27. The number of hydrogen-bond acceptors (Lipinski definition) is 0. The average Bonchev–Trinajstić information content (AvgIpc) is 2.46. The van der Waals surface area contributed by atoms with Gasteiger partial charge in [-0.25, -0.2) is 5.32 Å². The van der Waals surface area contributed by atoms with Gasteiger partial charge in [0.25, 0.3) is 0 Å². The molecule has 2 atom stereocenters. The first kappa shape index (κ1) is 21.0. The summed E-state index contributed by atoms with van der Waals surface area (Å²) in [5.74, 6) is 0. The second-order valence-electron chi connectivity index (χ2n) is 6.96. The minimum absolute atomic E-state index is 0.575. The monoisotopic (exact) mass is 296 g/mol. The molecular weight excluding hydrogens is 254 g/mol. The molecular formula is C20H42N. The molecule has 2 unspecified atom stereocenters. The Morgan fingerprint density at radius 2 is 0.857 bits per heavy atom. The van der Waals surface area contributed by atoms with Crippen molar-refractivity contribution >= 4 is 0 Å². The third-order valence-corrected chi connectivity index (χ3v) is 4.46. The van der Waals surface area contributed by atoms with Crippen LogP contribution in [0.25, 0.3) is 0 Å². The van der Waals surface area contributed by atoms with Gasteiger partial charge in [-0.15, -0.1) is 0 Å². The minimum Gasteiger partial charge on any atom is -0.236 e. The molecule has 0 amide bonds. The van der Waals surface area contributed by atoms with Gasteiger partial charge in [-0.3, -0.25) is 0 Å². The maximum Gasteiger partial charge on any atom is 0.0220 e. The molecule has 1 heteroatoms. The highest BCUT2D eigenvalue weighted by molar-refractivity contribution is 4.67. The Bertz CT molecular complexity index is 170. The average molecular weight is 297 g/mol. The van der Waals surface area contributed by atoms with E-state index in [0.717, 1.165) is 0 Å². The molecule has 0 N–H and O–H groups in total. The predicted octanol–water partition coefficient (Wildman–Crippen LogP) is 6.87. The SMILES string of the molecule is CCCCCCCCC(C)[N]C(C)CCCCCCCC. The van der Waals surface area contributed by atoms with Gasteiger partial charge in [0, 0.05) is 12.1 Å². The molecule has 0 aromatic rings. The van der Waals surface area contributed by atoms with Gasteiger partial charge in [0.2, 0.25) is 0 Å². The molecule has 0 saturated carbocycles. The second-order valence-corrected chi connectivity index (χ2v) is 6.96. The van der Waals surface area contributed by atoms with E-state index in [1.54, 1.807) is 0 Å². The Hall–Kier alpha value is -0.0400. The molecule has 0 aliphatic rings. The molecule has 1 nitrogen and oxygen atoms in total. The van der Waals surface area contributed by atoms with E-state index < -0.39 is 0 Å². The normalized spacial score (nSPS) is 14.3. The first-order valence-electron chi connectivity index (χ1n) is 9.90. The van der Waals surface area contributed by atoms with Crippen LogP contribution in [0, 0.1) is 0 Å². The summed E-state index contributed by atoms with van der Waals surface area (Å²) < 4.78 is 0. The number of unbranched alkanes of at least 4 members (excludes halogenated alkanes) is 10. The van der Waals surface area contributed by atoms with E-state index in [0.29, 0.717) is 12.1 Å². The number of hydrogen-bond donors (Lipinski definition) is 0. The van der Waals surface area contributed by atoms with Crippen molar-refractivity contribution in [1.29, 1.82) is 0 Å². The first-order valence-corrected chi connectivity index (χ1v) is 9.90. The zero-order chi connectivity index (χ0) is 15.8. The quantitative estimate of drug-likeness (QED) is 0.276. The highest BCUT2D eigenvalue weighted by atomic mass is 14.9. The van der Waals surface area contributed by atoms with Crippen molar-refractivity contribution in [2.24, 2.45) is 0 Å². The molecule has 0 rings (SSSR count). The van der Waals surface area contributed by atoms with Crippen LogP contribution in [0.1, 0.15) is 118 Å². The van der Waals surface area contributed by atoms with Crippen LogP contribution >= 0.6 is 0 Å². The summed E-state index contributed by atoms with van der Waals surface area (Å²) in [5.41, 5.74) is 0. The third-order valence-electron chi connectivity index (χ3n) is 4.46. The fraction of sp³-hybridized carbons (Fsp3) is 1.00. The van der Waals surface area contributed by atoms with Crippen molar-refractivity contribution in [2.75, 3.05) is 0 Å². The summed E-state index contributed by atoms with van der Waals surface area (Å²) >= 11 is 0. The van der Waals surface area contributed by atoms with Crippen LogP contribution in [0.15, 0.2) is 0 Å². The van der Waals surface area contributed by atoms with Gasteiger partial charge in [0.1, 0.15) is 0 Å². The van der Waals surface area contributed by atoms with E-state index >= 15 is 0 Å². The van der Waals surface area contributed by atoms with E-state index in [4.69, 9.17) is 5.32 Å². The molecule has 0 bridgehead atoms. The lowest BCUT2D eigenvalue weighted by Gasteiger charge is -2.17. The van der Waals surface area contributed by atoms with E-state index in [9.17, 15) is 0 Å². The summed E-state index contributed by atoms with van der Waals surface area (Å²) in [6.07, 6.45) is 19.4. The highest BCUT2D eigenvalue weighted by Crippen LogP contribution is 2.12. The fourth-order valence-electron chi connectivity index (χ4n) is 3.02. The second kappa shape index (κ2) is 16.3. The molecule has 0 aromatic carbocycles. The van der Waals surface area contributed by atoms with Crippen molar-refractivity contribution in [3.8, 4) is 0 Å². The molecule has 0 aliphatic heterocycles. The van der Waals surface area contributed by atoms with Crippen LogP contribution in [-0.4, -0.2) is 12.1 Å². The van der Waals surface area contributed by atoms with Crippen LogP contribution < -0.4 is 5.32 Å². The highest BCUT2D eigenvalue weighted by Gasteiger charge is 2.08. The molecule has 0 fully saturated rings. The third kappa shape index (κ3) is 16.2. The Morgan fingerprint density at radius 1 is 0.524 bits per heavy atom. The van der Waals surface area contributed by atoms with Gasteiger partial charge in [0.05, 0.1) is 0 Å². The van der Waals surface area contributed by atoms with Crippen LogP contribution in [0.4, 0.5) is 0 Å². The Kier molecular flexibility index (Phi) is 16.3. The Morgan fingerprint density at radius 3 is 1.24 bits per heavy atom. The summed E-state index contributed by atoms with van der Waals surface area (Å²) in [6, 6.07) is 1.15. The van der Waals surface area contributed by atoms with Gasteiger partial charge in [0.15, 0.2) is 0 Å². The molecule has 0 heterocycles.